The number of hydrogen-bond donors (Lipinski definition) is 2. The van der Waals surface area contributed by atoms with E-state index in [1.54, 1.807) is 24.3 Å². The highest BCUT2D eigenvalue weighted by Crippen LogP contribution is 2.27. The van der Waals surface area contributed by atoms with Crippen molar-refractivity contribution in [3.05, 3.63) is 64.9 Å². The molecule has 1 fully saturated rings. The maximum atomic E-state index is 12.7. The predicted molar refractivity (Wildman–Crippen MR) is 124 cm³/mol. The lowest BCUT2D eigenvalue weighted by Crippen LogP contribution is -2.46. The van der Waals surface area contributed by atoms with Crippen LogP contribution in [0.15, 0.2) is 53.1 Å². The van der Waals surface area contributed by atoms with Crippen LogP contribution >= 0.6 is 11.3 Å². The Morgan fingerprint density at radius 2 is 1.84 bits per heavy atom. The molecule has 0 bridgehead atoms. The van der Waals surface area contributed by atoms with Gasteiger partial charge in [-0.2, -0.15) is 0 Å². The Hall–Kier alpha value is -3.10. The van der Waals surface area contributed by atoms with E-state index >= 15 is 0 Å². The molecule has 3 heterocycles. The molecule has 2 aromatic heterocycles. The fourth-order valence-electron chi connectivity index (χ4n) is 3.60. The number of hydrogen-bond acceptors (Lipinski definition) is 6. The van der Waals surface area contributed by atoms with E-state index < -0.39 is 0 Å². The zero-order chi connectivity index (χ0) is 21.8. The van der Waals surface area contributed by atoms with Crippen LogP contribution in [-0.4, -0.2) is 49.4 Å². The molecule has 2 amide bonds. The molecule has 3 aromatic rings. The molecule has 2 N–H and O–H groups in total. The van der Waals surface area contributed by atoms with Gasteiger partial charge in [-0.25, -0.2) is 0 Å². The molecule has 1 aliphatic heterocycles. The number of carbonyl (C=O) groups is 2. The van der Waals surface area contributed by atoms with Gasteiger partial charge in [-0.05, 0) is 61.5 Å². The van der Waals surface area contributed by atoms with Gasteiger partial charge in [0, 0.05) is 37.6 Å². The highest BCUT2D eigenvalue weighted by molar-refractivity contribution is 7.18. The molecule has 162 valence electrons. The van der Waals surface area contributed by atoms with Crippen LogP contribution in [0.3, 0.4) is 0 Å². The maximum Gasteiger partial charge on any atom is 0.291 e. The Labute approximate surface area is 185 Å². The van der Waals surface area contributed by atoms with Crippen LogP contribution in [0.2, 0.25) is 0 Å². The minimum absolute atomic E-state index is 0.198. The number of amides is 2. The van der Waals surface area contributed by atoms with Crippen molar-refractivity contribution in [1.82, 2.24) is 4.90 Å². The summed E-state index contributed by atoms with van der Waals surface area (Å²) in [6.07, 6.45) is 1.45. The number of rotatable bonds is 6. The van der Waals surface area contributed by atoms with Crippen LogP contribution in [0.4, 0.5) is 16.4 Å². The van der Waals surface area contributed by atoms with Crippen molar-refractivity contribution in [2.24, 2.45) is 0 Å². The van der Waals surface area contributed by atoms with Gasteiger partial charge in [-0.15, -0.1) is 11.3 Å². The van der Waals surface area contributed by atoms with Gasteiger partial charge >= 0.3 is 0 Å². The van der Waals surface area contributed by atoms with Crippen LogP contribution in [0.25, 0.3) is 0 Å². The first kappa shape index (κ1) is 21.1. The largest absolute Gasteiger partial charge is 0.459 e. The van der Waals surface area contributed by atoms with Crippen molar-refractivity contribution < 1.29 is 14.0 Å². The lowest BCUT2D eigenvalue weighted by molar-refractivity contribution is 0.0995. The first-order valence-electron chi connectivity index (χ1n) is 10.4. The summed E-state index contributed by atoms with van der Waals surface area (Å²) in [4.78, 5) is 30.1. The van der Waals surface area contributed by atoms with E-state index in [0.717, 1.165) is 44.0 Å². The summed E-state index contributed by atoms with van der Waals surface area (Å²) in [5.41, 5.74) is 2.99. The summed E-state index contributed by atoms with van der Waals surface area (Å²) in [7, 11) is 0. The predicted octanol–water partition coefficient (Wildman–Crippen LogP) is 4.30. The summed E-state index contributed by atoms with van der Waals surface area (Å²) in [6, 6.07) is 12.8. The molecule has 4 rings (SSSR count). The van der Waals surface area contributed by atoms with Crippen molar-refractivity contribution in [3.63, 3.8) is 0 Å². The van der Waals surface area contributed by atoms with Crippen LogP contribution in [0, 0.1) is 6.92 Å². The number of piperazine rings is 1. The number of anilines is 3. The number of nitrogens with one attached hydrogen (secondary N) is 2. The molecule has 31 heavy (non-hydrogen) atoms. The van der Waals surface area contributed by atoms with Crippen LogP contribution < -0.4 is 15.5 Å². The van der Waals surface area contributed by atoms with Crippen molar-refractivity contribution in [2.75, 3.05) is 48.3 Å². The maximum absolute atomic E-state index is 12.7. The molecule has 7 nitrogen and oxygen atoms in total. The minimum Gasteiger partial charge on any atom is -0.459 e. The molecule has 0 atom stereocenters. The molecule has 8 heteroatoms. The number of likely N-dealkylation sites (N-methyl/N-ethyl adjacent to an activating group) is 1. The Morgan fingerprint density at radius 1 is 1.03 bits per heavy atom. The first-order valence-corrected chi connectivity index (χ1v) is 11.2. The summed E-state index contributed by atoms with van der Waals surface area (Å²) >= 11 is 1.22. The molecule has 1 aromatic carbocycles. The molecular formula is C23H26N4O3S. The van der Waals surface area contributed by atoms with Crippen molar-refractivity contribution in [3.8, 4) is 0 Å². The smallest absolute Gasteiger partial charge is 0.291 e. The second-order valence-corrected chi connectivity index (χ2v) is 8.55. The molecule has 0 saturated carbocycles. The van der Waals surface area contributed by atoms with E-state index in [1.165, 1.54) is 23.3 Å². The fraction of sp³-hybridized carbons (Fsp3) is 0.304. The van der Waals surface area contributed by atoms with Crippen LogP contribution in [0.1, 0.15) is 32.7 Å². The second kappa shape index (κ2) is 9.36. The lowest BCUT2D eigenvalue weighted by Gasteiger charge is -2.35. The van der Waals surface area contributed by atoms with Crippen LogP contribution in [0.5, 0.6) is 0 Å². The van der Waals surface area contributed by atoms with Gasteiger partial charge in [-0.3, -0.25) is 9.59 Å². The molecule has 0 spiro atoms. The molecule has 0 unspecified atom stereocenters. The Bertz CT molecular complexity index is 1050. The molecule has 1 aliphatic rings. The Kier molecular flexibility index (Phi) is 6.39. The van der Waals surface area contributed by atoms with Crippen molar-refractivity contribution in [2.45, 2.75) is 13.8 Å². The summed E-state index contributed by atoms with van der Waals surface area (Å²) in [5.74, 6) is -0.313. The zero-order valence-corrected chi connectivity index (χ0v) is 18.5. The van der Waals surface area contributed by atoms with Gasteiger partial charge in [-0.1, -0.05) is 6.92 Å². The number of aryl methyl sites for hydroxylation is 1. The average molecular weight is 439 g/mol. The quantitative estimate of drug-likeness (QED) is 0.600. The summed E-state index contributed by atoms with van der Waals surface area (Å²) in [6.45, 7) is 9.47. The highest BCUT2D eigenvalue weighted by Gasteiger charge is 2.18. The third-order valence-electron chi connectivity index (χ3n) is 5.45. The monoisotopic (exact) mass is 438 g/mol. The third-order valence-corrected chi connectivity index (χ3v) is 6.45. The fourth-order valence-corrected chi connectivity index (χ4v) is 4.40. The van der Waals surface area contributed by atoms with Gasteiger partial charge < -0.3 is 24.9 Å². The normalized spacial score (nSPS) is 14.5. The van der Waals surface area contributed by atoms with E-state index in [1.807, 2.05) is 13.0 Å². The van der Waals surface area contributed by atoms with E-state index in [9.17, 15) is 9.59 Å². The standard InChI is InChI=1S/C23H26N4O3S/c1-3-26-10-12-27(13-11-26)17-6-7-18(16(2)15-17)24-23(29)20-8-9-21(31-20)25-22(28)19-5-4-14-30-19/h4-9,14-15H,3,10-13H2,1-2H3,(H,24,29)(H,25,28). The molecule has 0 aliphatic carbocycles. The Balaban J connectivity index is 1.37. The topological polar surface area (TPSA) is 77.8 Å². The van der Waals surface area contributed by atoms with E-state index in [0.29, 0.717) is 9.88 Å². The van der Waals surface area contributed by atoms with Crippen LogP contribution in [-0.2, 0) is 0 Å². The van der Waals surface area contributed by atoms with Gasteiger partial charge in [0.2, 0.25) is 0 Å². The average Bonchev–Trinajstić information content (AvgIpc) is 3.47. The minimum atomic E-state index is -0.343. The van der Waals surface area contributed by atoms with E-state index in [-0.39, 0.29) is 17.6 Å². The number of thiophene rings is 1. The zero-order valence-electron chi connectivity index (χ0n) is 17.7. The summed E-state index contributed by atoms with van der Waals surface area (Å²) in [5, 5.41) is 6.31. The lowest BCUT2D eigenvalue weighted by atomic mass is 10.1. The molecule has 1 saturated heterocycles. The molecular weight excluding hydrogens is 412 g/mol. The molecule has 0 radical (unpaired) electrons. The number of benzene rings is 1. The second-order valence-electron chi connectivity index (χ2n) is 7.47. The number of carbonyl (C=O) groups excluding carboxylic acids is 2. The van der Waals surface area contributed by atoms with Gasteiger partial charge in [0.25, 0.3) is 11.8 Å². The first-order chi connectivity index (χ1) is 15.0. The van der Waals surface area contributed by atoms with Gasteiger partial charge in [0.1, 0.15) is 0 Å². The van der Waals surface area contributed by atoms with Crippen molar-refractivity contribution in [1.29, 1.82) is 0 Å². The van der Waals surface area contributed by atoms with E-state index in [4.69, 9.17) is 4.42 Å². The van der Waals surface area contributed by atoms with E-state index in [2.05, 4.69) is 39.5 Å². The third kappa shape index (κ3) is 4.98. The van der Waals surface area contributed by atoms with Crippen molar-refractivity contribution >= 4 is 39.5 Å². The number of furan rings is 1. The van der Waals surface area contributed by atoms with Gasteiger partial charge in [0.05, 0.1) is 16.1 Å². The Morgan fingerprint density at radius 3 is 2.52 bits per heavy atom. The number of nitrogens with zero attached hydrogens (tertiary/aromatic N) is 2. The SMILES string of the molecule is CCN1CCN(c2ccc(NC(=O)c3ccc(NC(=O)c4ccco4)s3)c(C)c2)CC1. The van der Waals surface area contributed by atoms with Gasteiger partial charge in [0.15, 0.2) is 5.76 Å². The summed E-state index contributed by atoms with van der Waals surface area (Å²) < 4.78 is 5.09. The highest BCUT2D eigenvalue weighted by atomic mass is 32.1.